The van der Waals surface area contributed by atoms with E-state index >= 15 is 0 Å². The minimum Gasteiger partial charge on any atom is -0.497 e. The van der Waals surface area contributed by atoms with Crippen LogP contribution in [0, 0.1) is 0 Å². The first-order valence-corrected chi connectivity index (χ1v) is 6.61. The molecule has 0 bridgehead atoms. The van der Waals surface area contributed by atoms with Gasteiger partial charge in [-0.2, -0.15) is 0 Å². The van der Waals surface area contributed by atoms with Crippen LogP contribution in [0.2, 0.25) is 0 Å². The van der Waals surface area contributed by atoms with E-state index in [0.29, 0.717) is 12.2 Å². The highest BCUT2D eigenvalue weighted by atomic mass is 16.5. The van der Waals surface area contributed by atoms with Crippen molar-refractivity contribution >= 4 is 17.6 Å². The highest BCUT2D eigenvalue weighted by Gasteiger charge is 2.05. The number of nitrogens with one attached hydrogen (secondary N) is 3. The Morgan fingerprint density at radius 1 is 1.15 bits per heavy atom. The zero-order valence-corrected chi connectivity index (χ0v) is 11.9. The van der Waals surface area contributed by atoms with Crippen LogP contribution in [0.25, 0.3) is 0 Å². The quantitative estimate of drug-likeness (QED) is 0.665. The molecular formula is C14H21N3O3. The Bertz CT molecular complexity index is 432. The summed E-state index contributed by atoms with van der Waals surface area (Å²) in [7, 11) is 1.58. The van der Waals surface area contributed by atoms with Crippen molar-refractivity contribution in [3.05, 3.63) is 24.3 Å². The average Bonchev–Trinajstić information content (AvgIpc) is 2.46. The fourth-order valence-electron chi connectivity index (χ4n) is 1.48. The number of amides is 3. The van der Waals surface area contributed by atoms with Crippen LogP contribution in [0.5, 0.6) is 5.75 Å². The highest BCUT2D eigenvalue weighted by molar-refractivity contribution is 5.94. The summed E-state index contributed by atoms with van der Waals surface area (Å²) in [6, 6.07) is 6.64. The zero-order chi connectivity index (χ0) is 14.8. The van der Waals surface area contributed by atoms with E-state index < -0.39 is 0 Å². The first-order valence-electron chi connectivity index (χ1n) is 6.61. The lowest BCUT2D eigenvalue weighted by molar-refractivity contribution is -0.115. The van der Waals surface area contributed by atoms with Crippen LogP contribution in [0.3, 0.4) is 0 Å². The van der Waals surface area contributed by atoms with Crippen molar-refractivity contribution < 1.29 is 14.3 Å². The molecule has 0 aliphatic heterocycles. The average molecular weight is 279 g/mol. The fraction of sp³-hybridized carbons (Fsp3) is 0.429. The largest absolute Gasteiger partial charge is 0.497 e. The first kappa shape index (κ1) is 15.8. The summed E-state index contributed by atoms with van der Waals surface area (Å²) in [6.07, 6.45) is 1.93. The van der Waals surface area contributed by atoms with Crippen molar-refractivity contribution in [3.8, 4) is 5.75 Å². The lowest BCUT2D eigenvalue weighted by Crippen LogP contribution is -2.40. The van der Waals surface area contributed by atoms with Gasteiger partial charge in [0.25, 0.3) is 0 Å². The number of hydrogen-bond donors (Lipinski definition) is 3. The predicted octanol–water partition coefficient (Wildman–Crippen LogP) is 1.73. The molecule has 1 aromatic carbocycles. The van der Waals surface area contributed by atoms with E-state index in [9.17, 15) is 9.59 Å². The second-order valence-corrected chi connectivity index (χ2v) is 4.24. The molecule has 0 aromatic heterocycles. The lowest BCUT2D eigenvalue weighted by Gasteiger charge is -2.08. The summed E-state index contributed by atoms with van der Waals surface area (Å²) < 4.78 is 5.02. The minimum atomic E-state index is -0.330. The molecule has 0 atom stereocenters. The van der Waals surface area contributed by atoms with Crippen LogP contribution in [0.4, 0.5) is 10.5 Å². The molecule has 6 heteroatoms. The molecule has 0 saturated heterocycles. The Hall–Kier alpha value is -2.24. The van der Waals surface area contributed by atoms with Gasteiger partial charge >= 0.3 is 6.03 Å². The highest BCUT2D eigenvalue weighted by Crippen LogP contribution is 2.14. The van der Waals surface area contributed by atoms with Gasteiger partial charge in [-0.3, -0.25) is 4.79 Å². The van der Waals surface area contributed by atoms with Crippen LogP contribution in [-0.4, -0.2) is 32.1 Å². The van der Waals surface area contributed by atoms with Gasteiger partial charge in [0, 0.05) is 12.2 Å². The fourth-order valence-corrected chi connectivity index (χ4v) is 1.48. The molecule has 3 amide bonds. The van der Waals surface area contributed by atoms with Crippen molar-refractivity contribution in [1.82, 2.24) is 10.6 Å². The SMILES string of the molecule is CCCCNC(=O)NCC(=O)Nc1ccc(OC)cc1. The van der Waals surface area contributed by atoms with Crippen molar-refractivity contribution in [2.24, 2.45) is 0 Å². The zero-order valence-electron chi connectivity index (χ0n) is 11.9. The number of rotatable bonds is 7. The number of methoxy groups -OCH3 is 1. The molecule has 1 aromatic rings. The Morgan fingerprint density at radius 3 is 2.45 bits per heavy atom. The molecule has 1 rings (SSSR count). The van der Waals surface area contributed by atoms with Crippen LogP contribution in [0.1, 0.15) is 19.8 Å². The molecule has 20 heavy (non-hydrogen) atoms. The molecule has 3 N–H and O–H groups in total. The van der Waals surface area contributed by atoms with Crippen LogP contribution < -0.4 is 20.7 Å². The first-order chi connectivity index (χ1) is 9.65. The standard InChI is InChI=1S/C14H21N3O3/c1-3-4-9-15-14(19)16-10-13(18)17-11-5-7-12(20-2)8-6-11/h5-8H,3-4,9-10H2,1-2H3,(H,17,18)(H2,15,16,19). The molecule has 6 nitrogen and oxygen atoms in total. The number of carbonyl (C=O) groups excluding carboxylic acids is 2. The van der Waals surface area contributed by atoms with Gasteiger partial charge in [-0.1, -0.05) is 13.3 Å². The summed E-state index contributed by atoms with van der Waals surface area (Å²) in [6.45, 7) is 2.59. The number of carbonyl (C=O) groups is 2. The van der Waals surface area contributed by atoms with E-state index in [1.54, 1.807) is 31.4 Å². The molecule has 0 saturated carbocycles. The maximum atomic E-state index is 11.6. The van der Waals surface area contributed by atoms with Gasteiger partial charge < -0.3 is 20.7 Å². The van der Waals surface area contributed by atoms with Crippen LogP contribution in [-0.2, 0) is 4.79 Å². The van der Waals surface area contributed by atoms with E-state index in [0.717, 1.165) is 18.6 Å². The molecular weight excluding hydrogens is 258 g/mol. The summed E-state index contributed by atoms with van der Waals surface area (Å²) in [4.78, 5) is 23.0. The van der Waals surface area contributed by atoms with Gasteiger partial charge in [0.2, 0.25) is 5.91 Å². The van der Waals surface area contributed by atoms with Gasteiger partial charge in [0.05, 0.1) is 13.7 Å². The Balaban J connectivity index is 2.27. The third-order valence-electron chi connectivity index (χ3n) is 2.60. The molecule has 0 unspecified atom stereocenters. The second kappa shape index (κ2) is 8.79. The van der Waals surface area contributed by atoms with E-state index in [1.807, 2.05) is 6.92 Å². The van der Waals surface area contributed by atoms with Crippen molar-refractivity contribution in [2.45, 2.75) is 19.8 Å². The van der Waals surface area contributed by atoms with Gasteiger partial charge in [-0.05, 0) is 30.7 Å². The van der Waals surface area contributed by atoms with Crippen molar-refractivity contribution in [2.75, 3.05) is 25.5 Å². The molecule has 0 radical (unpaired) electrons. The topological polar surface area (TPSA) is 79.5 Å². The lowest BCUT2D eigenvalue weighted by atomic mass is 10.3. The maximum absolute atomic E-state index is 11.6. The number of unbranched alkanes of at least 4 members (excludes halogenated alkanes) is 1. The van der Waals surface area contributed by atoms with Crippen molar-refractivity contribution in [1.29, 1.82) is 0 Å². The molecule has 110 valence electrons. The number of ether oxygens (including phenoxy) is 1. The van der Waals surface area contributed by atoms with E-state index in [2.05, 4.69) is 16.0 Å². The minimum absolute atomic E-state index is 0.0655. The number of urea groups is 1. The third kappa shape index (κ3) is 6.08. The molecule has 0 aliphatic rings. The summed E-state index contributed by atoms with van der Waals surface area (Å²) in [5.74, 6) is 0.442. The van der Waals surface area contributed by atoms with E-state index in [-0.39, 0.29) is 18.5 Å². The van der Waals surface area contributed by atoms with E-state index in [4.69, 9.17) is 4.74 Å². The van der Waals surface area contributed by atoms with E-state index in [1.165, 1.54) is 0 Å². The normalized spacial score (nSPS) is 9.70. The van der Waals surface area contributed by atoms with Crippen LogP contribution >= 0.6 is 0 Å². The van der Waals surface area contributed by atoms with Gasteiger partial charge in [-0.15, -0.1) is 0 Å². The summed E-state index contributed by atoms with van der Waals surface area (Å²) in [5.41, 5.74) is 0.656. The Labute approximate surface area is 118 Å². The monoisotopic (exact) mass is 279 g/mol. The van der Waals surface area contributed by atoms with Crippen molar-refractivity contribution in [3.63, 3.8) is 0 Å². The number of anilines is 1. The third-order valence-corrected chi connectivity index (χ3v) is 2.60. The number of benzene rings is 1. The van der Waals surface area contributed by atoms with Gasteiger partial charge in [-0.25, -0.2) is 4.79 Å². The van der Waals surface area contributed by atoms with Crippen LogP contribution in [0.15, 0.2) is 24.3 Å². The second-order valence-electron chi connectivity index (χ2n) is 4.24. The molecule has 0 aliphatic carbocycles. The summed E-state index contributed by atoms with van der Waals surface area (Å²) >= 11 is 0. The Kier molecular flexibility index (Phi) is 6.95. The predicted molar refractivity (Wildman–Crippen MR) is 77.9 cm³/mol. The molecule has 0 spiro atoms. The summed E-state index contributed by atoms with van der Waals surface area (Å²) in [5, 5.41) is 7.85. The molecule has 0 heterocycles. The smallest absolute Gasteiger partial charge is 0.315 e. The number of hydrogen-bond acceptors (Lipinski definition) is 3. The molecule has 0 fully saturated rings. The van der Waals surface area contributed by atoms with Gasteiger partial charge in [0.1, 0.15) is 5.75 Å². The van der Waals surface area contributed by atoms with Gasteiger partial charge in [0.15, 0.2) is 0 Å². The Morgan fingerprint density at radius 2 is 1.85 bits per heavy atom. The maximum Gasteiger partial charge on any atom is 0.315 e.